The molecule has 10 heteroatoms. The zero-order valence-electron chi connectivity index (χ0n) is 19.4. The molecule has 3 aromatic rings. The van der Waals surface area contributed by atoms with Crippen molar-refractivity contribution in [2.45, 2.75) is 32.5 Å². The summed E-state index contributed by atoms with van der Waals surface area (Å²) in [5.41, 5.74) is 1.78. The van der Waals surface area contributed by atoms with Crippen molar-refractivity contribution in [1.82, 2.24) is 25.3 Å². The van der Waals surface area contributed by atoms with Crippen molar-refractivity contribution in [3.63, 3.8) is 0 Å². The standard InChI is InChI=1S/C25H26N6O4/c1-17-7-9-19(10-8-17)25(2)23(34)31(24(35)29-25)16-21(32)26-14-18-5-3-6-20(13-18)28-22(33)15-30-12-4-11-27-30/h3-13H,14-16H2,1-2H3,(H,26,32)(H,28,33)(H,29,35). The molecule has 35 heavy (non-hydrogen) atoms. The van der Waals surface area contributed by atoms with Crippen LogP contribution in [0.3, 0.4) is 0 Å². The Morgan fingerprint density at radius 2 is 1.80 bits per heavy atom. The highest BCUT2D eigenvalue weighted by Crippen LogP contribution is 2.28. The Kier molecular flexibility index (Phi) is 6.63. The van der Waals surface area contributed by atoms with E-state index < -0.39 is 29.9 Å². The van der Waals surface area contributed by atoms with Gasteiger partial charge >= 0.3 is 6.03 Å². The first-order valence-corrected chi connectivity index (χ1v) is 11.1. The number of carbonyl (C=O) groups is 4. The lowest BCUT2D eigenvalue weighted by Gasteiger charge is -2.22. The number of urea groups is 1. The molecule has 2 aromatic carbocycles. The predicted octanol–water partition coefficient (Wildman–Crippen LogP) is 1.91. The first-order chi connectivity index (χ1) is 16.7. The molecule has 0 radical (unpaired) electrons. The largest absolute Gasteiger partial charge is 0.350 e. The number of imide groups is 1. The molecular weight excluding hydrogens is 448 g/mol. The maximum atomic E-state index is 13.0. The van der Waals surface area contributed by atoms with Gasteiger partial charge in [-0.2, -0.15) is 5.10 Å². The van der Waals surface area contributed by atoms with Crippen LogP contribution in [0.25, 0.3) is 0 Å². The Balaban J connectivity index is 1.32. The summed E-state index contributed by atoms with van der Waals surface area (Å²) in [6.07, 6.45) is 3.29. The molecule has 1 aliphatic heterocycles. The molecule has 0 saturated carbocycles. The van der Waals surface area contributed by atoms with Gasteiger partial charge in [0, 0.05) is 24.6 Å². The van der Waals surface area contributed by atoms with Gasteiger partial charge < -0.3 is 16.0 Å². The number of rotatable bonds is 8. The van der Waals surface area contributed by atoms with E-state index in [1.165, 1.54) is 4.68 Å². The van der Waals surface area contributed by atoms with E-state index in [1.807, 2.05) is 19.1 Å². The highest BCUT2D eigenvalue weighted by molar-refractivity contribution is 6.09. The molecule has 180 valence electrons. The Morgan fingerprint density at radius 3 is 2.51 bits per heavy atom. The van der Waals surface area contributed by atoms with E-state index in [1.54, 1.807) is 61.8 Å². The van der Waals surface area contributed by atoms with Crippen molar-refractivity contribution >= 4 is 29.4 Å². The lowest BCUT2D eigenvalue weighted by Crippen LogP contribution is -2.43. The van der Waals surface area contributed by atoms with Crippen LogP contribution in [-0.2, 0) is 33.0 Å². The summed E-state index contributed by atoms with van der Waals surface area (Å²) >= 11 is 0. The van der Waals surface area contributed by atoms with Gasteiger partial charge in [0.15, 0.2) is 0 Å². The van der Waals surface area contributed by atoms with Crippen LogP contribution in [0, 0.1) is 6.92 Å². The zero-order valence-corrected chi connectivity index (χ0v) is 19.4. The quantitative estimate of drug-likeness (QED) is 0.430. The van der Waals surface area contributed by atoms with Crippen molar-refractivity contribution in [2.24, 2.45) is 0 Å². The van der Waals surface area contributed by atoms with Gasteiger partial charge in [-0.3, -0.25) is 24.0 Å². The van der Waals surface area contributed by atoms with E-state index in [2.05, 4.69) is 21.0 Å². The fourth-order valence-corrected chi connectivity index (χ4v) is 3.82. The van der Waals surface area contributed by atoms with Crippen LogP contribution < -0.4 is 16.0 Å². The summed E-state index contributed by atoms with van der Waals surface area (Å²) in [5, 5.41) is 12.2. The summed E-state index contributed by atoms with van der Waals surface area (Å²) in [6, 6.07) is 15.5. The topological polar surface area (TPSA) is 125 Å². The number of nitrogens with zero attached hydrogens (tertiary/aromatic N) is 3. The van der Waals surface area contributed by atoms with Gasteiger partial charge in [0.1, 0.15) is 18.6 Å². The first kappa shape index (κ1) is 23.7. The number of carbonyl (C=O) groups excluding carboxylic acids is 4. The smallest absolute Gasteiger partial charge is 0.325 e. The molecule has 2 heterocycles. The van der Waals surface area contributed by atoms with Crippen LogP contribution in [0.5, 0.6) is 0 Å². The molecule has 1 fully saturated rings. The summed E-state index contributed by atoms with van der Waals surface area (Å²) in [5.74, 6) is -1.19. The van der Waals surface area contributed by atoms with E-state index in [0.717, 1.165) is 16.0 Å². The average molecular weight is 475 g/mol. The van der Waals surface area contributed by atoms with Gasteiger partial charge in [0.2, 0.25) is 11.8 Å². The molecule has 0 spiro atoms. The van der Waals surface area contributed by atoms with Crippen molar-refractivity contribution in [1.29, 1.82) is 0 Å². The minimum atomic E-state index is -1.23. The molecule has 3 N–H and O–H groups in total. The van der Waals surface area contributed by atoms with Crippen molar-refractivity contribution in [3.8, 4) is 0 Å². The summed E-state index contributed by atoms with van der Waals surface area (Å²) in [6.45, 7) is 3.42. The third kappa shape index (κ3) is 5.37. The van der Waals surface area contributed by atoms with E-state index in [-0.39, 0.29) is 19.0 Å². The van der Waals surface area contributed by atoms with Crippen LogP contribution in [0.4, 0.5) is 10.5 Å². The number of hydrogen-bond donors (Lipinski definition) is 3. The van der Waals surface area contributed by atoms with Gasteiger partial charge in [0.25, 0.3) is 5.91 Å². The minimum Gasteiger partial charge on any atom is -0.350 e. The number of aromatic nitrogens is 2. The minimum absolute atomic E-state index is 0.0847. The lowest BCUT2D eigenvalue weighted by molar-refractivity contribution is -0.134. The first-order valence-electron chi connectivity index (χ1n) is 11.1. The maximum Gasteiger partial charge on any atom is 0.325 e. The summed E-state index contributed by atoms with van der Waals surface area (Å²) < 4.78 is 1.51. The maximum absolute atomic E-state index is 13.0. The number of benzene rings is 2. The van der Waals surface area contributed by atoms with E-state index in [9.17, 15) is 19.2 Å². The second kappa shape index (κ2) is 9.80. The Morgan fingerprint density at radius 1 is 1.03 bits per heavy atom. The van der Waals surface area contributed by atoms with Crippen LogP contribution >= 0.6 is 0 Å². The molecule has 1 aliphatic rings. The Hall–Kier alpha value is -4.47. The normalized spacial score (nSPS) is 17.3. The summed E-state index contributed by atoms with van der Waals surface area (Å²) in [4.78, 5) is 51.1. The Bertz CT molecular complexity index is 1260. The number of anilines is 1. The molecule has 5 amide bonds. The van der Waals surface area contributed by atoms with E-state index in [0.29, 0.717) is 11.3 Å². The van der Waals surface area contributed by atoms with Crippen molar-refractivity contribution in [2.75, 3.05) is 11.9 Å². The van der Waals surface area contributed by atoms with Crippen LogP contribution in [-0.4, -0.2) is 45.0 Å². The number of amides is 5. The molecule has 1 atom stereocenters. The number of nitrogens with one attached hydrogen (secondary N) is 3. The SMILES string of the molecule is Cc1ccc(C2(C)NC(=O)N(CC(=O)NCc3cccc(NC(=O)Cn4cccn4)c3)C2=O)cc1. The molecule has 1 unspecified atom stereocenters. The Labute approximate surface area is 202 Å². The predicted molar refractivity (Wildman–Crippen MR) is 128 cm³/mol. The molecular formula is C25H26N6O4. The average Bonchev–Trinajstić information content (AvgIpc) is 3.41. The van der Waals surface area contributed by atoms with E-state index >= 15 is 0 Å². The number of aryl methyl sites for hydroxylation is 1. The van der Waals surface area contributed by atoms with E-state index in [4.69, 9.17) is 0 Å². The van der Waals surface area contributed by atoms with Gasteiger partial charge in [-0.15, -0.1) is 0 Å². The van der Waals surface area contributed by atoms with Crippen LogP contribution in [0.2, 0.25) is 0 Å². The monoisotopic (exact) mass is 474 g/mol. The third-order valence-corrected chi connectivity index (χ3v) is 5.77. The molecule has 10 nitrogen and oxygen atoms in total. The molecule has 1 saturated heterocycles. The van der Waals surface area contributed by atoms with Gasteiger partial charge in [-0.25, -0.2) is 4.79 Å². The number of hydrogen-bond acceptors (Lipinski definition) is 5. The van der Waals surface area contributed by atoms with Crippen molar-refractivity contribution < 1.29 is 19.2 Å². The van der Waals surface area contributed by atoms with Gasteiger partial charge in [0.05, 0.1) is 0 Å². The fourth-order valence-electron chi connectivity index (χ4n) is 3.82. The highest BCUT2D eigenvalue weighted by atomic mass is 16.2. The molecule has 1 aromatic heterocycles. The second-order valence-corrected chi connectivity index (χ2v) is 8.54. The molecule has 4 rings (SSSR count). The lowest BCUT2D eigenvalue weighted by atomic mass is 9.91. The third-order valence-electron chi connectivity index (χ3n) is 5.77. The zero-order chi connectivity index (χ0) is 25.0. The van der Waals surface area contributed by atoms with Gasteiger partial charge in [-0.05, 0) is 43.2 Å². The fraction of sp³-hybridized carbons (Fsp3) is 0.240. The second-order valence-electron chi connectivity index (χ2n) is 8.54. The molecule has 0 bridgehead atoms. The van der Waals surface area contributed by atoms with Gasteiger partial charge in [-0.1, -0.05) is 42.0 Å². The molecule has 0 aliphatic carbocycles. The van der Waals surface area contributed by atoms with Crippen LogP contribution in [0.15, 0.2) is 67.0 Å². The van der Waals surface area contributed by atoms with Crippen molar-refractivity contribution in [3.05, 3.63) is 83.7 Å². The highest BCUT2D eigenvalue weighted by Gasteiger charge is 2.49. The summed E-state index contributed by atoms with van der Waals surface area (Å²) in [7, 11) is 0. The van der Waals surface area contributed by atoms with Crippen LogP contribution in [0.1, 0.15) is 23.6 Å².